The average molecular weight is 146 g/mol. The van der Waals surface area contributed by atoms with Gasteiger partial charge in [0.25, 0.3) is 0 Å². The topological polar surface area (TPSA) is 44.0 Å². The first kappa shape index (κ1) is 7.77. The fourth-order valence-corrected chi connectivity index (χ4v) is 0.840. The Labute approximate surface area is 65.7 Å². The molecule has 0 fully saturated rings. The zero-order valence-electron chi connectivity index (χ0n) is 6.20. The highest BCUT2D eigenvalue weighted by Crippen LogP contribution is 2.10. The van der Waals surface area contributed by atoms with Crippen molar-refractivity contribution in [2.45, 2.75) is 6.92 Å². The maximum atomic E-state index is 8.61. The van der Waals surface area contributed by atoms with E-state index in [-0.39, 0.29) is 0 Å². The molecule has 0 saturated carbocycles. The SMILES string of the molecule is Cc1ccc([CH]O)cc1C#N. The van der Waals surface area contributed by atoms with Gasteiger partial charge in [0.05, 0.1) is 11.6 Å². The van der Waals surface area contributed by atoms with Gasteiger partial charge in [-0.05, 0) is 24.1 Å². The molecule has 2 nitrogen and oxygen atoms in total. The molecule has 1 aromatic carbocycles. The Balaban J connectivity index is 3.15. The fourth-order valence-electron chi connectivity index (χ4n) is 0.840. The summed E-state index contributed by atoms with van der Waals surface area (Å²) in [7, 11) is 0. The molecule has 1 rings (SSSR count). The minimum absolute atomic E-state index is 0.604. The molecule has 0 bridgehead atoms. The standard InChI is InChI=1S/C9H8NO/c1-7-2-3-8(6-11)4-9(7)5-10/h2-4,6,11H,1H3. The van der Waals surface area contributed by atoms with Crippen molar-refractivity contribution in [3.63, 3.8) is 0 Å². The van der Waals surface area contributed by atoms with Crippen molar-refractivity contribution < 1.29 is 5.11 Å². The second kappa shape index (κ2) is 3.18. The van der Waals surface area contributed by atoms with Gasteiger partial charge in [-0.2, -0.15) is 5.26 Å². The molecule has 1 radical (unpaired) electrons. The zero-order valence-corrected chi connectivity index (χ0v) is 6.20. The number of nitriles is 1. The summed E-state index contributed by atoms with van der Waals surface area (Å²) in [5, 5.41) is 17.2. The molecule has 0 aromatic heterocycles. The first-order valence-electron chi connectivity index (χ1n) is 3.26. The normalized spacial score (nSPS) is 9.18. The van der Waals surface area contributed by atoms with Gasteiger partial charge in [-0.25, -0.2) is 0 Å². The van der Waals surface area contributed by atoms with Gasteiger partial charge in [0.2, 0.25) is 0 Å². The molecule has 11 heavy (non-hydrogen) atoms. The second-order valence-electron chi connectivity index (χ2n) is 2.32. The van der Waals surface area contributed by atoms with E-state index in [1.165, 1.54) is 0 Å². The van der Waals surface area contributed by atoms with E-state index in [1.54, 1.807) is 18.2 Å². The molecule has 0 spiro atoms. The van der Waals surface area contributed by atoms with Crippen molar-refractivity contribution in [2.24, 2.45) is 0 Å². The van der Waals surface area contributed by atoms with E-state index < -0.39 is 0 Å². The number of hydrogen-bond acceptors (Lipinski definition) is 2. The molecule has 0 heterocycles. The molecule has 0 aliphatic carbocycles. The molecule has 0 atom stereocenters. The predicted octanol–water partition coefficient (Wildman–Crippen LogP) is 1.75. The lowest BCUT2D eigenvalue weighted by Gasteiger charge is -1.98. The van der Waals surface area contributed by atoms with Gasteiger partial charge in [-0.3, -0.25) is 0 Å². The summed E-state index contributed by atoms with van der Waals surface area (Å²) >= 11 is 0. The number of aliphatic hydroxyl groups is 1. The van der Waals surface area contributed by atoms with Gasteiger partial charge < -0.3 is 5.11 Å². The molecule has 0 unspecified atom stereocenters. The molecule has 55 valence electrons. The minimum Gasteiger partial charge on any atom is -0.385 e. The molecule has 1 aromatic rings. The third-order valence-electron chi connectivity index (χ3n) is 1.53. The first-order chi connectivity index (χ1) is 5.27. The molecule has 0 aliphatic heterocycles. The largest absolute Gasteiger partial charge is 0.385 e. The monoisotopic (exact) mass is 146 g/mol. The van der Waals surface area contributed by atoms with Gasteiger partial charge in [-0.15, -0.1) is 0 Å². The van der Waals surface area contributed by atoms with Gasteiger partial charge in [0.1, 0.15) is 6.61 Å². The highest BCUT2D eigenvalue weighted by molar-refractivity contribution is 5.41. The van der Waals surface area contributed by atoms with Crippen LogP contribution in [0.4, 0.5) is 0 Å². The molecule has 0 amide bonds. The van der Waals surface area contributed by atoms with Crippen LogP contribution in [0.5, 0.6) is 0 Å². The Hall–Kier alpha value is -1.33. The zero-order chi connectivity index (χ0) is 8.27. The molecular formula is C9H8NO. The van der Waals surface area contributed by atoms with Gasteiger partial charge in [0, 0.05) is 0 Å². The summed E-state index contributed by atoms with van der Waals surface area (Å²) in [6, 6.07) is 7.25. The van der Waals surface area contributed by atoms with E-state index in [0.29, 0.717) is 11.1 Å². The summed E-state index contributed by atoms with van der Waals surface area (Å²) in [6.45, 7) is 2.85. The van der Waals surface area contributed by atoms with Crippen molar-refractivity contribution in [1.29, 1.82) is 5.26 Å². The van der Waals surface area contributed by atoms with Crippen LogP contribution < -0.4 is 0 Å². The van der Waals surface area contributed by atoms with Crippen LogP contribution in [0.2, 0.25) is 0 Å². The first-order valence-corrected chi connectivity index (χ1v) is 3.26. The van der Waals surface area contributed by atoms with Gasteiger partial charge in [-0.1, -0.05) is 12.1 Å². The van der Waals surface area contributed by atoms with Gasteiger partial charge in [0.15, 0.2) is 0 Å². The van der Waals surface area contributed by atoms with Gasteiger partial charge >= 0.3 is 0 Å². The quantitative estimate of drug-likeness (QED) is 0.655. The van der Waals surface area contributed by atoms with E-state index in [0.717, 1.165) is 12.2 Å². The van der Waals surface area contributed by atoms with Crippen molar-refractivity contribution >= 4 is 0 Å². The smallest absolute Gasteiger partial charge is 0.109 e. The predicted molar refractivity (Wildman–Crippen MR) is 41.2 cm³/mol. The van der Waals surface area contributed by atoms with E-state index >= 15 is 0 Å². The van der Waals surface area contributed by atoms with Crippen molar-refractivity contribution in [3.05, 3.63) is 41.5 Å². The summed E-state index contributed by atoms with van der Waals surface area (Å²) in [6.07, 6.45) is 0. The number of aliphatic hydroxyl groups excluding tert-OH is 1. The molecule has 2 heteroatoms. The lowest BCUT2D eigenvalue weighted by molar-refractivity contribution is 0.415. The van der Waals surface area contributed by atoms with Crippen molar-refractivity contribution in [2.75, 3.05) is 0 Å². The molecular weight excluding hydrogens is 138 g/mol. The lowest BCUT2D eigenvalue weighted by Crippen LogP contribution is -1.85. The maximum Gasteiger partial charge on any atom is 0.109 e. The Bertz CT molecular complexity index is 299. The maximum absolute atomic E-state index is 8.61. The number of benzene rings is 1. The van der Waals surface area contributed by atoms with E-state index in [1.807, 2.05) is 13.0 Å². The average Bonchev–Trinajstić information content (AvgIpc) is 2.05. The molecule has 0 aliphatic rings. The van der Waals surface area contributed by atoms with Crippen LogP contribution >= 0.6 is 0 Å². The van der Waals surface area contributed by atoms with Crippen LogP contribution in [0.15, 0.2) is 18.2 Å². The number of aryl methyl sites for hydroxylation is 1. The Morgan fingerprint density at radius 2 is 2.27 bits per heavy atom. The number of rotatable bonds is 1. The van der Waals surface area contributed by atoms with Crippen LogP contribution in [-0.4, -0.2) is 5.11 Å². The van der Waals surface area contributed by atoms with Crippen LogP contribution in [0.1, 0.15) is 16.7 Å². The third kappa shape index (κ3) is 1.57. The summed E-state index contributed by atoms with van der Waals surface area (Å²) < 4.78 is 0. The molecule has 1 N–H and O–H groups in total. The number of nitrogens with zero attached hydrogens (tertiary/aromatic N) is 1. The summed E-state index contributed by atoms with van der Waals surface area (Å²) in [4.78, 5) is 0. The third-order valence-corrected chi connectivity index (χ3v) is 1.53. The second-order valence-corrected chi connectivity index (χ2v) is 2.32. The fraction of sp³-hybridized carbons (Fsp3) is 0.111. The van der Waals surface area contributed by atoms with Crippen LogP contribution in [0.3, 0.4) is 0 Å². The molecule has 0 saturated heterocycles. The van der Waals surface area contributed by atoms with Crippen LogP contribution in [-0.2, 0) is 0 Å². The van der Waals surface area contributed by atoms with Crippen molar-refractivity contribution in [1.82, 2.24) is 0 Å². The van der Waals surface area contributed by atoms with E-state index in [4.69, 9.17) is 10.4 Å². The summed E-state index contributed by atoms with van der Waals surface area (Å²) in [5.74, 6) is 0. The highest BCUT2D eigenvalue weighted by Gasteiger charge is 1.97. The van der Waals surface area contributed by atoms with E-state index in [9.17, 15) is 0 Å². The van der Waals surface area contributed by atoms with E-state index in [2.05, 4.69) is 0 Å². The van der Waals surface area contributed by atoms with Crippen LogP contribution in [0, 0.1) is 24.9 Å². The lowest BCUT2D eigenvalue weighted by atomic mass is 10.1. The Morgan fingerprint density at radius 3 is 2.82 bits per heavy atom. The Morgan fingerprint density at radius 1 is 1.55 bits per heavy atom. The van der Waals surface area contributed by atoms with Crippen molar-refractivity contribution in [3.8, 4) is 6.07 Å². The number of hydrogen-bond donors (Lipinski definition) is 1. The van der Waals surface area contributed by atoms with Crippen LogP contribution in [0.25, 0.3) is 0 Å². The summed E-state index contributed by atoms with van der Waals surface area (Å²) in [5.41, 5.74) is 2.19. The Kier molecular flexibility index (Phi) is 2.25. The minimum atomic E-state index is 0.604. The highest BCUT2D eigenvalue weighted by atomic mass is 16.3.